The van der Waals surface area contributed by atoms with Gasteiger partial charge in [0.1, 0.15) is 0 Å². The van der Waals surface area contributed by atoms with Gasteiger partial charge in [-0.25, -0.2) is 4.39 Å². The van der Waals surface area contributed by atoms with Gasteiger partial charge in [-0.2, -0.15) is 0 Å². The fourth-order valence-electron chi connectivity index (χ4n) is 1.34. The Bertz CT molecular complexity index is 407. The average molecular weight is 255 g/mol. The largest absolute Gasteiger partial charge is 0.481 e. The fraction of sp³-hybridized carbons (Fsp3) is 0.462. The Kier molecular flexibility index (Phi) is 5.58. The molecule has 1 aromatic rings. The van der Waals surface area contributed by atoms with E-state index in [9.17, 15) is 9.18 Å². The van der Waals surface area contributed by atoms with Crippen LogP contribution in [0.3, 0.4) is 0 Å². The van der Waals surface area contributed by atoms with Crippen molar-refractivity contribution in [3.63, 3.8) is 0 Å². The van der Waals surface area contributed by atoms with Crippen molar-refractivity contribution in [3.8, 4) is 5.75 Å². The number of hydrogen-bond acceptors (Lipinski definition) is 3. The molecule has 1 rings (SSSR count). The predicted molar refractivity (Wildman–Crippen MR) is 65.9 cm³/mol. The molecule has 100 valence electrons. The van der Waals surface area contributed by atoms with Crippen molar-refractivity contribution in [1.82, 2.24) is 5.32 Å². The molecule has 0 bridgehead atoms. The van der Waals surface area contributed by atoms with Gasteiger partial charge < -0.3 is 15.2 Å². The molecular weight excluding hydrogens is 237 g/mol. The minimum atomic E-state index is -0.489. The second-order valence-electron chi connectivity index (χ2n) is 4.21. The summed E-state index contributed by atoms with van der Waals surface area (Å²) in [5, 5.41) is 11.6. The summed E-state index contributed by atoms with van der Waals surface area (Å²) in [5.41, 5.74) is 0.862. The molecular formula is C13H18FNO3. The topological polar surface area (TPSA) is 58.6 Å². The van der Waals surface area contributed by atoms with Crippen LogP contribution in [0.15, 0.2) is 18.2 Å². The van der Waals surface area contributed by atoms with Gasteiger partial charge in [0, 0.05) is 6.54 Å². The first kappa shape index (κ1) is 14.4. The van der Waals surface area contributed by atoms with E-state index in [1.165, 1.54) is 6.07 Å². The van der Waals surface area contributed by atoms with Crippen molar-refractivity contribution in [2.45, 2.75) is 26.4 Å². The summed E-state index contributed by atoms with van der Waals surface area (Å²) in [7, 11) is 0. The van der Waals surface area contributed by atoms with Crippen molar-refractivity contribution < 1.29 is 19.0 Å². The zero-order valence-corrected chi connectivity index (χ0v) is 10.6. The van der Waals surface area contributed by atoms with E-state index < -0.39 is 11.9 Å². The van der Waals surface area contributed by atoms with E-state index in [4.69, 9.17) is 9.84 Å². The van der Waals surface area contributed by atoms with Crippen LogP contribution in [0.4, 0.5) is 4.39 Å². The van der Waals surface area contributed by atoms with Gasteiger partial charge in [-0.3, -0.25) is 4.79 Å². The molecule has 1 aromatic carbocycles. The fourth-order valence-corrected chi connectivity index (χ4v) is 1.34. The molecule has 0 radical (unpaired) electrons. The van der Waals surface area contributed by atoms with E-state index in [1.807, 2.05) is 6.92 Å². The van der Waals surface area contributed by atoms with E-state index in [1.54, 1.807) is 19.1 Å². The first-order valence-electron chi connectivity index (χ1n) is 5.82. The standard InChI is InChI=1S/C13H18FNO3/c1-9-3-4-11(14)12(7-9)18-8-13(17)15-6-5-10(2)16/h3-4,7,10,16H,5-6,8H2,1-2H3,(H,15,17). The van der Waals surface area contributed by atoms with Crippen LogP contribution in [0, 0.1) is 12.7 Å². The maximum Gasteiger partial charge on any atom is 0.257 e. The molecule has 0 aromatic heterocycles. The summed E-state index contributed by atoms with van der Waals surface area (Å²) >= 11 is 0. The molecule has 1 atom stereocenters. The van der Waals surface area contributed by atoms with Gasteiger partial charge in [0.05, 0.1) is 6.10 Å². The Labute approximate surface area is 106 Å². The summed E-state index contributed by atoms with van der Waals surface area (Å²) in [6.07, 6.45) is 0.0188. The summed E-state index contributed by atoms with van der Waals surface area (Å²) in [6.45, 7) is 3.59. The van der Waals surface area contributed by atoms with E-state index >= 15 is 0 Å². The van der Waals surface area contributed by atoms with Crippen LogP contribution >= 0.6 is 0 Å². The first-order valence-corrected chi connectivity index (χ1v) is 5.82. The number of carbonyl (C=O) groups is 1. The van der Waals surface area contributed by atoms with Crippen LogP contribution in [0.2, 0.25) is 0 Å². The van der Waals surface area contributed by atoms with Crippen LogP contribution in [0.25, 0.3) is 0 Å². The molecule has 0 saturated carbocycles. The van der Waals surface area contributed by atoms with E-state index in [-0.39, 0.29) is 18.3 Å². The van der Waals surface area contributed by atoms with Crippen LogP contribution < -0.4 is 10.1 Å². The Balaban J connectivity index is 2.36. The highest BCUT2D eigenvalue weighted by Crippen LogP contribution is 2.17. The normalized spacial score (nSPS) is 12.0. The molecule has 5 heteroatoms. The molecule has 18 heavy (non-hydrogen) atoms. The lowest BCUT2D eigenvalue weighted by Gasteiger charge is -2.09. The molecule has 0 heterocycles. The number of aryl methyl sites for hydroxylation is 1. The third kappa shape index (κ3) is 5.14. The monoisotopic (exact) mass is 255 g/mol. The number of nitrogens with one attached hydrogen (secondary N) is 1. The van der Waals surface area contributed by atoms with Crippen molar-refractivity contribution >= 4 is 5.91 Å². The quantitative estimate of drug-likeness (QED) is 0.807. The number of hydrogen-bond donors (Lipinski definition) is 2. The molecule has 0 aliphatic carbocycles. The maximum absolute atomic E-state index is 13.3. The van der Waals surface area contributed by atoms with Crippen LogP contribution in [0.1, 0.15) is 18.9 Å². The highest BCUT2D eigenvalue weighted by Gasteiger charge is 2.07. The number of benzene rings is 1. The second-order valence-corrected chi connectivity index (χ2v) is 4.21. The van der Waals surface area contributed by atoms with E-state index in [0.29, 0.717) is 13.0 Å². The summed E-state index contributed by atoms with van der Waals surface area (Å²) in [4.78, 5) is 11.4. The van der Waals surface area contributed by atoms with Crippen LogP contribution in [-0.2, 0) is 4.79 Å². The summed E-state index contributed by atoms with van der Waals surface area (Å²) in [5.74, 6) is -0.755. The third-order valence-electron chi connectivity index (χ3n) is 2.33. The van der Waals surface area contributed by atoms with Gasteiger partial charge in [0.15, 0.2) is 18.2 Å². The van der Waals surface area contributed by atoms with Crippen molar-refractivity contribution in [3.05, 3.63) is 29.6 Å². The van der Waals surface area contributed by atoms with Crippen molar-refractivity contribution in [2.24, 2.45) is 0 Å². The number of carbonyl (C=O) groups excluding carboxylic acids is 1. The Morgan fingerprint density at radius 1 is 1.56 bits per heavy atom. The highest BCUT2D eigenvalue weighted by atomic mass is 19.1. The van der Waals surface area contributed by atoms with E-state index in [0.717, 1.165) is 5.56 Å². The minimum Gasteiger partial charge on any atom is -0.481 e. The zero-order valence-electron chi connectivity index (χ0n) is 10.6. The molecule has 0 fully saturated rings. The Morgan fingerprint density at radius 2 is 2.28 bits per heavy atom. The molecule has 4 nitrogen and oxygen atoms in total. The minimum absolute atomic E-state index is 0.0701. The maximum atomic E-state index is 13.3. The number of halogens is 1. The lowest BCUT2D eigenvalue weighted by atomic mass is 10.2. The second kappa shape index (κ2) is 6.96. The number of amides is 1. The lowest BCUT2D eigenvalue weighted by molar-refractivity contribution is -0.123. The van der Waals surface area contributed by atoms with E-state index in [2.05, 4.69) is 5.32 Å². The average Bonchev–Trinajstić information content (AvgIpc) is 2.30. The van der Waals surface area contributed by atoms with Gasteiger partial charge in [0.25, 0.3) is 5.91 Å². The highest BCUT2D eigenvalue weighted by molar-refractivity contribution is 5.77. The predicted octanol–water partition coefficient (Wildman–Crippen LogP) is 1.40. The molecule has 1 amide bonds. The number of ether oxygens (including phenoxy) is 1. The smallest absolute Gasteiger partial charge is 0.257 e. The lowest BCUT2D eigenvalue weighted by Crippen LogP contribution is -2.31. The summed E-state index contributed by atoms with van der Waals surface area (Å²) in [6, 6.07) is 4.47. The van der Waals surface area contributed by atoms with Crippen molar-refractivity contribution in [2.75, 3.05) is 13.2 Å². The molecule has 1 unspecified atom stereocenters. The SMILES string of the molecule is Cc1ccc(F)c(OCC(=O)NCCC(C)O)c1. The van der Waals surface area contributed by atoms with Crippen LogP contribution in [-0.4, -0.2) is 30.3 Å². The van der Waals surface area contributed by atoms with Gasteiger partial charge in [-0.1, -0.05) is 6.07 Å². The van der Waals surface area contributed by atoms with Crippen LogP contribution in [0.5, 0.6) is 5.75 Å². The third-order valence-corrected chi connectivity index (χ3v) is 2.33. The van der Waals surface area contributed by atoms with Gasteiger partial charge in [-0.15, -0.1) is 0 Å². The molecule has 0 aliphatic rings. The molecule has 0 aliphatic heterocycles. The number of aliphatic hydroxyl groups is 1. The summed E-state index contributed by atoms with van der Waals surface area (Å²) < 4.78 is 18.4. The van der Waals surface area contributed by atoms with Gasteiger partial charge in [-0.05, 0) is 38.0 Å². The zero-order chi connectivity index (χ0) is 13.5. The van der Waals surface area contributed by atoms with Crippen molar-refractivity contribution in [1.29, 1.82) is 0 Å². The van der Waals surface area contributed by atoms with Gasteiger partial charge in [0.2, 0.25) is 0 Å². The Hall–Kier alpha value is -1.62. The Morgan fingerprint density at radius 3 is 2.94 bits per heavy atom. The van der Waals surface area contributed by atoms with Gasteiger partial charge >= 0.3 is 0 Å². The molecule has 0 saturated heterocycles. The first-order chi connectivity index (χ1) is 8.49. The number of rotatable bonds is 6. The number of aliphatic hydroxyl groups excluding tert-OH is 1. The molecule has 2 N–H and O–H groups in total. The molecule has 0 spiro atoms.